The molecule has 0 aromatic heterocycles. The molecule has 0 saturated heterocycles. The Hall–Kier alpha value is -1.41. The van der Waals surface area contributed by atoms with Crippen LogP contribution in [0.5, 0.6) is 5.75 Å². The first-order chi connectivity index (χ1) is 14.7. The molecule has 4 rings (SSSR count). The molecule has 1 saturated carbocycles. The summed E-state index contributed by atoms with van der Waals surface area (Å²) in [7, 11) is 9.87. The Labute approximate surface area is 197 Å². The van der Waals surface area contributed by atoms with E-state index in [1.54, 1.807) is 0 Å². The second-order valence-electron chi connectivity index (χ2n) is 7.30. The molecule has 0 unspecified atom stereocenters. The fourth-order valence-corrected chi connectivity index (χ4v) is 3.87. The van der Waals surface area contributed by atoms with Gasteiger partial charge in [0.25, 0.3) is 0 Å². The van der Waals surface area contributed by atoms with Crippen LogP contribution in [-0.2, 0) is 20.8 Å². The molecule has 1 aliphatic rings. The summed E-state index contributed by atoms with van der Waals surface area (Å²) in [5, 5.41) is 11.1. The first-order valence-electron chi connectivity index (χ1n) is 10.2. The molecule has 2 nitrogen and oxygen atoms in total. The Morgan fingerprint density at radius 3 is 1.83 bits per heavy atom. The number of hydrogen-bond donors (Lipinski definition) is 1. The zero-order valence-electron chi connectivity index (χ0n) is 16.8. The van der Waals surface area contributed by atoms with Gasteiger partial charge in [0.2, 0.25) is 0 Å². The van der Waals surface area contributed by atoms with E-state index >= 15 is 0 Å². The number of aromatic hydroxyl groups is 1. The van der Waals surface area contributed by atoms with Gasteiger partial charge in [0, 0.05) is 23.4 Å². The molecule has 1 fully saturated rings. The Morgan fingerprint density at radius 2 is 1.27 bits per heavy atom. The summed E-state index contributed by atoms with van der Waals surface area (Å²) in [4.78, 5) is 4.85. The van der Waals surface area contributed by atoms with Crippen LogP contribution in [0.1, 0.15) is 37.7 Å². The molecular formula is C25H25Cl2NOZr. The number of hydrogen-bond acceptors (Lipinski definition) is 2. The van der Waals surface area contributed by atoms with Crippen molar-refractivity contribution in [1.82, 2.24) is 0 Å². The van der Waals surface area contributed by atoms with Crippen molar-refractivity contribution in [3.8, 4) is 28.0 Å². The quantitative estimate of drug-likeness (QED) is 0.351. The maximum absolute atomic E-state index is 11.1. The summed E-state index contributed by atoms with van der Waals surface area (Å²) in [5.74, 6) is 0.308. The molecule has 154 valence electrons. The number of phenolic OH excluding ortho intramolecular Hbond substituents is 1. The Bertz CT molecular complexity index is 942. The van der Waals surface area contributed by atoms with E-state index in [0.29, 0.717) is 11.8 Å². The van der Waals surface area contributed by atoms with Crippen LogP contribution >= 0.6 is 17.0 Å². The van der Waals surface area contributed by atoms with Gasteiger partial charge in [-0.3, -0.25) is 4.99 Å². The maximum atomic E-state index is 11.1. The predicted octanol–water partition coefficient (Wildman–Crippen LogP) is 7.85. The molecular weight excluding hydrogens is 492 g/mol. The summed E-state index contributed by atoms with van der Waals surface area (Å²) in [6, 6.07) is 24.7. The molecule has 0 atom stereocenters. The third-order valence-corrected chi connectivity index (χ3v) is 5.38. The van der Waals surface area contributed by atoms with Crippen LogP contribution < -0.4 is 0 Å². The van der Waals surface area contributed by atoms with Gasteiger partial charge in [-0.2, -0.15) is 0 Å². The predicted molar refractivity (Wildman–Crippen MR) is 125 cm³/mol. The van der Waals surface area contributed by atoms with Crippen molar-refractivity contribution < 1.29 is 26.0 Å². The van der Waals surface area contributed by atoms with Gasteiger partial charge in [-0.15, -0.1) is 0 Å². The molecule has 0 spiro atoms. The Kier molecular flexibility index (Phi) is 9.65. The van der Waals surface area contributed by atoms with Crippen molar-refractivity contribution in [2.45, 2.75) is 38.1 Å². The van der Waals surface area contributed by atoms with Gasteiger partial charge in [-0.1, -0.05) is 86.0 Å². The third kappa shape index (κ3) is 6.30. The van der Waals surface area contributed by atoms with E-state index in [9.17, 15) is 5.11 Å². The molecule has 0 aliphatic heterocycles. The molecule has 5 heteroatoms. The molecule has 3 aromatic carbocycles. The van der Waals surface area contributed by atoms with Crippen molar-refractivity contribution in [3.63, 3.8) is 0 Å². The van der Waals surface area contributed by atoms with Gasteiger partial charge in [0.05, 0.1) is 0 Å². The van der Waals surface area contributed by atoms with Crippen LogP contribution in [0.2, 0.25) is 0 Å². The second kappa shape index (κ2) is 12.4. The van der Waals surface area contributed by atoms with Crippen LogP contribution in [0.15, 0.2) is 77.8 Å². The number of nitrogens with zero attached hydrogens (tertiary/aromatic N) is 1. The van der Waals surface area contributed by atoms with Crippen molar-refractivity contribution in [3.05, 3.63) is 78.4 Å². The zero-order chi connectivity index (χ0) is 21.2. The number of halogens is 2. The molecule has 0 radical (unpaired) electrons. The van der Waals surface area contributed by atoms with E-state index in [1.165, 1.54) is 19.3 Å². The first kappa shape index (κ1) is 23.3. The monoisotopic (exact) mass is 515 g/mol. The summed E-state index contributed by atoms with van der Waals surface area (Å²) < 4.78 is 0. The molecule has 3 aromatic rings. The Balaban J connectivity index is 0.000000806. The summed E-state index contributed by atoms with van der Waals surface area (Å²) >= 11 is -0.826. The molecule has 0 bridgehead atoms. The zero-order valence-corrected chi connectivity index (χ0v) is 20.7. The van der Waals surface area contributed by atoms with E-state index in [2.05, 4.69) is 18.2 Å². The number of phenols is 1. The first-order valence-corrected chi connectivity index (χ1v) is 16.5. The summed E-state index contributed by atoms with van der Waals surface area (Å²) in [6.07, 6.45) is 8.02. The standard InChI is InChI=1S/C25H25NO.2ClH.Zr/c27-25-23(20-12-6-2-7-13-20)17-16-22(19-10-4-1-5-11-19)24(25)18-26-21-14-8-3-9-15-21;;;/h1-2,4-7,10-13,16-18,21,27H,3,8-9,14-15H2;2*1H;/q;;;+2/p-2. The number of benzene rings is 3. The third-order valence-electron chi connectivity index (χ3n) is 5.38. The average molecular weight is 518 g/mol. The minimum atomic E-state index is -0.826. The van der Waals surface area contributed by atoms with Crippen LogP contribution in [-0.4, -0.2) is 17.4 Å². The van der Waals surface area contributed by atoms with E-state index in [4.69, 9.17) is 22.0 Å². The van der Waals surface area contributed by atoms with Gasteiger partial charge >= 0.3 is 37.9 Å². The van der Waals surface area contributed by atoms with Crippen LogP contribution in [0.25, 0.3) is 22.3 Å². The minimum absolute atomic E-state index is 0.308. The van der Waals surface area contributed by atoms with E-state index in [0.717, 1.165) is 40.7 Å². The van der Waals surface area contributed by atoms with Crippen molar-refractivity contribution in [1.29, 1.82) is 0 Å². The SMILES string of the molecule is Oc1c(-c2ccccc2)ccc(-c2ccccc2)c1C=NC1CCCCC1.[Cl][Zr][Cl]. The number of aliphatic imine (C=N–C) groups is 1. The summed E-state index contributed by atoms with van der Waals surface area (Å²) in [6.45, 7) is 0. The van der Waals surface area contributed by atoms with Crippen molar-refractivity contribution in [2.24, 2.45) is 4.99 Å². The topological polar surface area (TPSA) is 32.6 Å². The molecule has 0 amide bonds. The van der Waals surface area contributed by atoms with E-state index in [-0.39, 0.29) is 0 Å². The fraction of sp³-hybridized carbons (Fsp3) is 0.240. The van der Waals surface area contributed by atoms with E-state index < -0.39 is 20.8 Å². The molecule has 30 heavy (non-hydrogen) atoms. The van der Waals surface area contributed by atoms with Gasteiger partial charge in [-0.25, -0.2) is 0 Å². The van der Waals surface area contributed by atoms with E-state index in [1.807, 2.05) is 60.8 Å². The van der Waals surface area contributed by atoms with Crippen molar-refractivity contribution in [2.75, 3.05) is 0 Å². The van der Waals surface area contributed by atoms with Crippen LogP contribution in [0.3, 0.4) is 0 Å². The number of rotatable bonds is 4. The van der Waals surface area contributed by atoms with Crippen LogP contribution in [0, 0.1) is 0 Å². The summed E-state index contributed by atoms with van der Waals surface area (Å²) in [5.41, 5.74) is 4.79. The molecule has 0 heterocycles. The fourth-order valence-electron chi connectivity index (χ4n) is 3.87. The van der Waals surface area contributed by atoms with Gasteiger partial charge in [0.15, 0.2) is 0 Å². The van der Waals surface area contributed by atoms with Crippen LogP contribution in [0.4, 0.5) is 0 Å². The Morgan fingerprint density at radius 1 is 0.767 bits per heavy atom. The van der Waals surface area contributed by atoms with Gasteiger partial charge in [0.1, 0.15) is 5.75 Å². The average Bonchev–Trinajstić information content (AvgIpc) is 2.80. The second-order valence-corrected chi connectivity index (χ2v) is 11.0. The van der Waals surface area contributed by atoms with Gasteiger partial charge in [-0.05, 0) is 35.6 Å². The van der Waals surface area contributed by atoms with Gasteiger partial charge < -0.3 is 5.11 Å². The molecule has 1 N–H and O–H groups in total. The van der Waals surface area contributed by atoms with Crippen molar-refractivity contribution >= 4 is 23.2 Å². The molecule has 1 aliphatic carbocycles. The normalized spacial score (nSPS) is 14.2.